The normalized spacial score (nSPS) is 9.55. The zero-order valence-electron chi connectivity index (χ0n) is 10.1. The third-order valence-corrected chi connectivity index (χ3v) is 2.86. The maximum Gasteiger partial charge on any atom is 0.323 e. The van der Waals surface area contributed by atoms with Crippen molar-refractivity contribution in [2.45, 2.75) is 14.4 Å². The van der Waals surface area contributed by atoms with Crippen molar-refractivity contribution >= 4 is 33.3 Å². The predicted octanol–water partition coefficient (Wildman–Crippen LogP) is 4.57. The lowest BCUT2D eigenvalue weighted by molar-refractivity contribution is 0.262. The standard InChI is InChI=1S/C13H11BrFN3O.CH4/c1-8-3-2-4-10(12(8)15)18-13(19)17-9-5-6-16-11(14)7-9;/h2-7H,1H3,(H2,16,17,18,19);1H4. The number of amides is 2. The number of hydrogen-bond acceptors (Lipinski definition) is 2. The Morgan fingerprint density at radius 2 is 2.05 bits per heavy atom. The molecule has 0 fully saturated rings. The Bertz CT molecular complexity index is 619. The second-order valence-corrected chi connectivity index (χ2v) is 4.70. The van der Waals surface area contributed by atoms with Crippen molar-refractivity contribution in [2.75, 3.05) is 10.6 Å². The fraction of sp³-hybridized carbons (Fsp3) is 0.143. The second-order valence-electron chi connectivity index (χ2n) is 3.88. The van der Waals surface area contributed by atoms with Gasteiger partial charge in [-0.3, -0.25) is 0 Å². The quantitative estimate of drug-likeness (QED) is 0.787. The number of aromatic nitrogens is 1. The number of carbonyl (C=O) groups excluding carboxylic acids is 1. The van der Waals surface area contributed by atoms with Crippen LogP contribution in [0.2, 0.25) is 0 Å². The summed E-state index contributed by atoms with van der Waals surface area (Å²) >= 11 is 3.20. The molecule has 0 radical (unpaired) electrons. The summed E-state index contributed by atoms with van der Waals surface area (Å²) in [6.45, 7) is 1.64. The number of pyridine rings is 1. The van der Waals surface area contributed by atoms with Crippen molar-refractivity contribution in [2.24, 2.45) is 0 Å². The lowest BCUT2D eigenvalue weighted by atomic mass is 10.2. The van der Waals surface area contributed by atoms with Crippen LogP contribution in [0.5, 0.6) is 0 Å². The van der Waals surface area contributed by atoms with Crippen LogP contribution in [0.25, 0.3) is 0 Å². The Balaban J connectivity index is 0.00000200. The van der Waals surface area contributed by atoms with Crippen molar-refractivity contribution in [1.29, 1.82) is 0 Å². The van der Waals surface area contributed by atoms with E-state index < -0.39 is 11.8 Å². The van der Waals surface area contributed by atoms with Gasteiger partial charge in [-0.2, -0.15) is 0 Å². The molecular formula is C14H15BrFN3O. The van der Waals surface area contributed by atoms with Gasteiger partial charge in [0.1, 0.15) is 10.4 Å². The van der Waals surface area contributed by atoms with E-state index in [1.165, 1.54) is 6.07 Å². The van der Waals surface area contributed by atoms with Crippen molar-refractivity contribution in [3.05, 3.63) is 52.5 Å². The number of halogens is 2. The topological polar surface area (TPSA) is 54.0 Å². The Morgan fingerprint density at radius 1 is 1.30 bits per heavy atom. The van der Waals surface area contributed by atoms with Gasteiger partial charge in [-0.05, 0) is 46.6 Å². The van der Waals surface area contributed by atoms with Crippen LogP contribution in [-0.4, -0.2) is 11.0 Å². The summed E-state index contributed by atoms with van der Waals surface area (Å²) in [5.41, 5.74) is 1.18. The predicted molar refractivity (Wildman–Crippen MR) is 82.4 cm³/mol. The van der Waals surface area contributed by atoms with Gasteiger partial charge >= 0.3 is 6.03 Å². The number of benzene rings is 1. The number of nitrogens with one attached hydrogen (secondary N) is 2. The van der Waals surface area contributed by atoms with Crippen molar-refractivity contribution in [1.82, 2.24) is 4.98 Å². The number of nitrogens with zero attached hydrogens (tertiary/aromatic N) is 1. The highest BCUT2D eigenvalue weighted by molar-refractivity contribution is 9.10. The average Bonchev–Trinajstić information content (AvgIpc) is 2.35. The molecule has 2 N–H and O–H groups in total. The molecule has 6 heteroatoms. The summed E-state index contributed by atoms with van der Waals surface area (Å²) in [6.07, 6.45) is 1.55. The minimum absolute atomic E-state index is 0. The number of rotatable bonds is 2. The zero-order valence-corrected chi connectivity index (χ0v) is 11.7. The molecule has 1 aromatic carbocycles. The molecule has 2 amide bonds. The lowest BCUT2D eigenvalue weighted by Gasteiger charge is -2.09. The molecule has 0 saturated heterocycles. The Kier molecular flexibility index (Phi) is 5.64. The SMILES string of the molecule is C.Cc1cccc(NC(=O)Nc2ccnc(Br)c2)c1F. The van der Waals surface area contributed by atoms with Gasteiger partial charge in [0.25, 0.3) is 0 Å². The monoisotopic (exact) mass is 339 g/mol. The highest BCUT2D eigenvalue weighted by atomic mass is 79.9. The molecule has 0 atom stereocenters. The molecule has 106 valence electrons. The van der Waals surface area contributed by atoms with Gasteiger partial charge in [0.15, 0.2) is 0 Å². The lowest BCUT2D eigenvalue weighted by Crippen LogP contribution is -2.20. The molecule has 2 rings (SSSR count). The van der Waals surface area contributed by atoms with E-state index in [1.807, 2.05) is 0 Å². The second kappa shape index (κ2) is 7.00. The van der Waals surface area contributed by atoms with E-state index in [1.54, 1.807) is 37.4 Å². The van der Waals surface area contributed by atoms with Crippen LogP contribution in [0, 0.1) is 12.7 Å². The first-order valence-electron chi connectivity index (χ1n) is 5.51. The Hall–Kier alpha value is -1.95. The summed E-state index contributed by atoms with van der Waals surface area (Å²) in [5, 5.41) is 5.05. The van der Waals surface area contributed by atoms with E-state index >= 15 is 0 Å². The minimum Gasteiger partial charge on any atom is -0.308 e. The van der Waals surface area contributed by atoms with Gasteiger partial charge in [0, 0.05) is 11.9 Å². The van der Waals surface area contributed by atoms with Gasteiger partial charge in [-0.25, -0.2) is 14.2 Å². The zero-order chi connectivity index (χ0) is 13.8. The highest BCUT2D eigenvalue weighted by Crippen LogP contribution is 2.18. The molecule has 20 heavy (non-hydrogen) atoms. The third kappa shape index (κ3) is 4.03. The molecule has 0 aliphatic carbocycles. The van der Waals surface area contributed by atoms with Gasteiger partial charge in [-0.1, -0.05) is 19.6 Å². The Labute approximate surface area is 125 Å². The number of anilines is 2. The van der Waals surface area contributed by atoms with Gasteiger partial charge < -0.3 is 10.6 Å². The van der Waals surface area contributed by atoms with Crippen LogP contribution in [0.1, 0.15) is 13.0 Å². The summed E-state index contributed by atoms with van der Waals surface area (Å²) in [7, 11) is 0. The number of hydrogen-bond donors (Lipinski definition) is 2. The van der Waals surface area contributed by atoms with Crippen LogP contribution in [0.3, 0.4) is 0 Å². The van der Waals surface area contributed by atoms with Crippen molar-refractivity contribution < 1.29 is 9.18 Å². The fourth-order valence-corrected chi connectivity index (χ4v) is 1.87. The summed E-state index contributed by atoms with van der Waals surface area (Å²) in [4.78, 5) is 15.7. The maximum atomic E-state index is 13.7. The van der Waals surface area contributed by atoms with Crippen LogP contribution < -0.4 is 10.6 Å². The number of aryl methyl sites for hydroxylation is 1. The molecule has 0 aliphatic rings. The molecule has 0 spiro atoms. The average molecular weight is 340 g/mol. The van der Waals surface area contributed by atoms with E-state index in [0.29, 0.717) is 15.9 Å². The van der Waals surface area contributed by atoms with E-state index in [4.69, 9.17) is 0 Å². The van der Waals surface area contributed by atoms with Crippen molar-refractivity contribution in [3.63, 3.8) is 0 Å². The van der Waals surface area contributed by atoms with Crippen molar-refractivity contribution in [3.8, 4) is 0 Å². The molecule has 0 aliphatic heterocycles. The number of carbonyl (C=O) groups is 1. The van der Waals surface area contributed by atoms with Crippen LogP contribution >= 0.6 is 15.9 Å². The van der Waals surface area contributed by atoms with Gasteiger partial charge in [-0.15, -0.1) is 0 Å². The maximum absolute atomic E-state index is 13.7. The van der Waals surface area contributed by atoms with E-state index in [-0.39, 0.29) is 13.1 Å². The summed E-state index contributed by atoms with van der Waals surface area (Å²) in [5.74, 6) is -0.437. The summed E-state index contributed by atoms with van der Waals surface area (Å²) < 4.78 is 14.3. The van der Waals surface area contributed by atoms with Gasteiger partial charge in [0.05, 0.1) is 5.69 Å². The molecule has 2 aromatic rings. The molecule has 0 saturated carbocycles. The minimum atomic E-state index is -0.511. The largest absolute Gasteiger partial charge is 0.323 e. The molecule has 1 aromatic heterocycles. The first-order valence-corrected chi connectivity index (χ1v) is 6.30. The van der Waals surface area contributed by atoms with E-state index in [9.17, 15) is 9.18 Å². The molecular weight excluding hydrogens is 325 g/mol. The molecule has 0 unspecified atom stereocenters. The highest BCUT2D eigenvalue weighted by Gasteiger charge is 2.08. The fourth-order valence-electron chi connectivity index (χ4n) is 1.51. The smallest absolute Gasteiger partial charge is 0.308 e. The first kappa shape index (κ1) is 16.1. The first-order chi connectivity index (χ1) is 9.06. The molecule has 1 heterocycles. The van der Waals surface area contributed by atoms with E-state index in [2.05, 4.69) is 31.5 Å². The van der Waals surface area contributed by atoms with E-state index in [0.717, 1.165) is 0 Å². The number of urea groups is 1. The molecule has 4 nitrogen and oxygen atoms in total. The summed E-state index contributed by atoms with van der Waals surface area (Å²) in [6, 6.07) is 7.59. The molecule has 0 bridgehead atoms. The van der Waals surface area contributed by atoms with Crippen LogP contribution in [-0.2, 0) is 0 Å². The van der Waals surface area contributed by atoms with Crippen LogP contribution in [0.15, 0.2) is 41.1 Å². The third-order valence-electron chi connectivity index (χ3n) is 2.42. The Morgan fingerprint density at radius 3 is 2.75 bits per heavy atom. The van der Waals surface area contributed by atoms with Gasteiger partial charge in [0.2, 0.25) is 0 Å². The van der Waals surface area contributed by atoms with Crippen LogP contribution in [0.4, 0.5) is 20.6 Å².